The van der Waals surface area contributed by atoms with Crippen LogP contribution in [-0.4, -0.2) is 92.1 Å². The third-order valence-electron chi connectivity index (χ3n) is 5.89. The average molecular weight is 507 g/mol. The van der Waals surface area contributed by atoms with Gasteiger partial charge in [0.2, 0.25) is 11.8 Å². The fourth-order valence-corrected chi connectivity index (χ4v) is 3.70. The van der Waals surface area contributed by atoms with Crippen LogP contribution < -0.4 is 10.1 Å². The number of hydrogen-bond donors (Lipinski definition) is 1. The highest BCUT2D eigenvalue weighted by atomic mass is 16.6. The van der Waals surface area contributed by atoms with E-state index in [4.69, 9.17) is 9.47 Å². The molecule has 0 radical (unpaired) electrons. The Morgan fingerprint density at radius 3 is 2.25 bits per heavy atom. The smallest absolute Gasteiger partial charge is 0.409 e. The molecule has 0 aromatic carbocycles. The molecule has 3 heterocycles. The van der Waals surface area contributed by atoms with Crippen molar-refractivity contribution in [3.05, 3.63) is 28.2 Å². The van der Waals surface area contributed by atoms with Gasteiger partial charge in [-0.1, -0.05) is 0 Å². The largest absolute Gasteiger partial charge is 0.475 e. The molecule has 0 spiro atoms. The van der Waals surface area contributed by atoms with E-state index in [1.54, 1.807) is 36.8 Å². The lowest BCUT2D eigenvalue weighted by Crippen LogP contribution is -2.52. The van der Waals surface area contributed by atoms with E-state index in [0.717, 1.165) is 10.9 Å². The maximum atomic E-state index is 13.0. The molecule has 15 nitrogen and oxygen atoms in total. The van der Waals surface area contributed by atoms with Gasteiger partial charge in [-0.15, -0.1) is 5.10 Å². The number of carbonyl (C=O) groups excluding carboxylic acids is 3. The van der Waals surface area contributed by atoms with Gasteiger partial charge in [0, 0.05) is 32.4 Å². The van der Waals surface area contributed by atoms with Gasteiger partial charge >= 0.3 is 17.7 Å². The summed E-state index contributed by atoms with van der Waals surface area (Å²) < 4.78 is 12.5. The van der Waals surface area contributed by atoms with Crippen LogP contribution in [0, 0.1) is 17.0 Å². The SMILES string of the molecule is CCOC(=O)N1CCN(C(=O)C(C)n2cc(NC(=O)C(C)n3cc([N+](=O)[O-])c(OC)n3)c(C)n2)CC1. The van der Waals surface area contributed by atoms with Crippen molar-refractivity contribution in [1.82, 2.24) is 29.4 Å². The highest BCUT2D eigenvalue weighted by Crippen LogP contribution is 2.27. The predicted octanol–water partition coefficient (Wildman–Crippen LogP) is 1.37. The second-order valence-electron chi connectivity index (χ2n) is 8.22. The van der Waals surface area contributed by atoms with Crippen molar-refractivity contribution in [2.45, 2.75) is 39.8 Å². The molecule has 36 heavy (non-hydrogen) atoms. The number of carbonyl (C=O) groups is 3. The monoisotopic (exact) mass is 506 g/mol. The molecule has 0 bridgehead atoms. The van der Waals surface area contributed by atoms with Crippen molar-refractivity contribution in [2.75, 3.05) is 45.2 Å². The molecule has 1 saturated heterocycles. The van der Waals surface area contributed by atoms with Gasteiger partial charge in [-0.2, -0.15) is 5.10 Å². The van der Waals surface area contributed by atoms with Gasteiger partial charge in [-0.25, -0.2) is 9.48 Å². The van der Waals surface area contributed by atoms with Crippen LogP contribution in [0.3, 0.4) is 0 Å². The number of nitro groups is 1. The van der Waals surface area contributed by atoms with E-state index in [1.807, 2.05) is 0 Å². The lowest BCUT2D eigenvalue weighted by atomic mass is 10.2. The molecular formula is C21H30N8O7. The third kappa shape index (κ3) is 5.55. The second kappa shape index (κ2) is 11.0. The summed E-state index contributed by atoms with van der Waals surface area (Å²) in [5, 5.41) is 22.2. The number of nitrogens with one attached hydrogen (secondary N) is 1. The van der Waals surface area contributed by atoms with Gasteiger partial charge in [-0.3, -0.25) is 24.4 Å². The minimum Gasteiger partial charge on any atom is -0.475 e. The summed E-state index contributed by atoms with van der Waals surface area (Å²) in [5.41, 5.74) is 0.537. The third-order valence-corrected chi connectivity index (χ3v) is 5.89. The van der Waals surface area contributed by atoms with E-state index >= 15 is 0 Å². The lowest BCUT2D eigenvalue weighted by Gasteiger charge is -2.35. The van der Waals surface area contributed by atoms with Crippen molar-refractivity contribution in [1.29, 1.82) is 0 Å². The highest BCUT2D eigenvalue weighted by Gasteiger charge is 2.30. The van der Waals surface area contributed by atoms with Crippen LogP contribution in [0.25, 0.3) is 0 Å². The number of anilines is 1. The number of rotatable bonds is 8. The average Bonchev–Trinajstić information content (AvgIpc) is 3.46. The molecule has 1 fully saturated rings. The van der Waals surface area contributed by atoms with Gasteiger partial charge in [0.1, 0.15) is 18.3 Å². The first-order valence-electron chi connectivity index (χ1n) is 11.4. The molecule has 1 aliphatic heterocycles. The molecule has 3 amide bonds. The maximum absolute atomic E-state index is 13.0. The van der Waals surface area contributed by atoms with Gasteiger partial charge in [0.15, 0.2) is 0 Å². The zero-order valence-electron chi connectivity index (χ0n) is 20.8. The van der Waals surface area contributed by atoms with Gasteiger partial charge in [0.25, 0.3) is 0 Å². The number of amides is 3. The second-order valence-corrected chi connectivity index (χ2v) is 8.22. The zero-order chi connectivity index (χ0) is 26.6. The lowest BCUT2D eigenvalue weighted by molar-refractivity contribution is -0.385. The van der Waals surface area contributed by atoms with Crippen LogP contribution in [0.1, 0.15) is 38.5 Å². The summed E-state index contributed by atoms with van der Waals surface area (Å²) in [6, 6.07) is -1.52. The minimum atomic E-state index is -0.884. The summed E-state index contributed by atoms with van der Waals surface area (Å²) in [4.78, 5) is 51.4. The molecule has 2 unspecified atom stereocenters. The minimum absolute atomic E-state index is 0.164. The molecule has 0 aliphatic carbocycles. The molecular weight excluding hydrogens is 476 g/mol. The van der Waals surface area contributed by atoms with E-state index in [9.17, 15) is 24.5 Å². The summed E-state index contributed by atoms with van der Waals surface area (Å²) in [6.07, 6.45) is 2.30. The van der Waals surface area contributed by atoms with Crippen molar-refractivity contribution < 1.29 is 28.8 Å². The van der Waals surface area contributed by atoms with Crippen LogP contribution in [0.4, 0.5) is 16.2 Å². The molecule has 2 aromatic heterocycles. The van der Waals surface area contributed by atoms with Gasteiger partial charge < -0.3 is 24.6 Å². The summed E-state index contributed by atoms with van der Waals surface area (Å²) in [7, 11) is 1.25. The molecule has 196 valence electrons. The highest BCUT2D eigenvalue weighted by molar-refractivity contribution is 5.94. The standard InChI is InChI=1S/C21H30N8O7/c1-6-36-21(32)26-9-7-25(8-10-26)20(31)15(4)27-11-16(13(2)23-27)22-18(30)14(3)28-12-17(29(33)34)19(24-28)35-5/h11-12,14-15H,6-10H2,1-5H3,(H,22,30). The van der Waals surface area contributed by atoms with Gasteiger partial charge in [0.05, 0.1) is 30.0 Å². The molecule has 1 N–H and O–H groups in total. The van der Waals surface area contributed by atoms with Crippen molar-refractivity contribution in [2.24, 2.45) is 0 Å². The quantitative estimate of drug-likeness (QED) is 0.411. The number of ether oxygens (including phenoxy) is 2. The number of piperazine rings is 1. The fourth-order valence-electron chi connectivity index (χ4n) is 3.70. The summed E-state index contributed by atoms with van der Waals surface area (Å²) in [5.74, 6) is -0.839. The molecule has 15 heteroatoms. The van der Waals surface area contributed by atoms with E-state index in [-0.39, 0.29) is 17.5 Å². The Balaban J connectivity index is 1.64. The fraction of sp³-hybridized carbons (Fsp3) is 0.571. The number of aromatic nitrogens is 4. The maximum Gasteiger partial charge on any atom is 0.409 e. The van der Waals surface area contributed by atoms with Crippen molar-refractivity contribution >= 4 is 29.3 Å². The normalized spacial score (nSPS) is 15.2. The topological polar surface area (TPSA) is 167 Å². The van der Waals surface area contributed by atoms with Crippen LogP contribution in [-0.2, 0) is 14.3 Å². The summed E-state index contributed by atoms with van der Waals surface area (Å²) >= 11 is 0. The number of aryl methyl sites for hydroxylation is 1. The predicted molar refractivity (Wildman–Crippen MR) is 126 cm³/mol. The van der Waals surface area contributed by atoms with Crippen LogP contribution in [0.15, 0.2) is 12.4 Å². The first-order chi connectivity index (χ1) is 17.1. The molecule has 2 atom stereocenters. The van der Waals surface area contributed by atoms with E-state index < -0.39 is 29.0 Å². The molecule has 2 aromatic rings. The Hall–Kier alpha value is -4.17. The first kappa shape index (κ1) is 26.4. The van der Waals surface area contributed by atoms with Crippen LogP contribution in [0.5, 0.6) is 5.88 Å². The van der Waals surface area contributed by atoms with Crippen molar-refractivity contribution in [3.8, 4) is 5.88 Å². The van der Waals surface area contributed by atoms with Crippen LogP contribution >= 0.6 is 0 Å². The molecule has 1 aliphatic rings. The Bertz CT molecular complexity index is 1140. The molecule has 3 rings (SSSR count). The number of hydrogen-bond acceptors (Lipinski definition) is 9. The Labute approximate surface area is 207 Å². The number of nitrogens with zero attached hydrogens (tertiary/aromatic N) is 7. The Kier molecular flexibility index (Phi) is 8.11. The Morgan fingerprint density at radius 2 is 1.69 bits per heavy atom. The zero-order valence-corrected chi connectivity index (χ0v) is 20.8. The summed E-state index contributed by atoms with van der Waals surface area (Å²) in [6.45, 7) is 8.48. The van der Waals surface area contributed by atoms with E-state index in [0.29, 0.717) is 44.2 Å². The van der Waals surface area contributed by atoms with Gasteiger partial charge in [-0.05, 0) is 27.7 Å². The van der Waals surface area contributed by atoms with Crippen molar-refractivity contribution in [3.63, 3.8) is 0 Å². The first-order valence-corrected chi connectivity index (χ1v) is 11.4. The molecule has 0 saturated carbocycles. The van der Waals surface area contributed by atoms with Crippen LogP contribution in [0.2, 0.25) is 0 Å². The van der Waals surface area contributed by atoms with E-state index in [2.05, 4.69) is 15.5 Å². The van der Waals surface area contributed by atoms with E-state index in [1.165, 1.54) is 18.7 Å². The number of methoxy groups -OCH3 is 1. The Morgan fingerprint density at radius 1 is 1.08 bits per heavy atom.